The van der Waals surface area contributed by atoms with Gasteiger partial charge in [-0.25, -0.2) is 32.0 Å². The Bertz CT molecular complexity index is 1470. The van der Waals surface area contributed by atoms with E-state index in [1.54, 1.807) is 0 Å². The SMILES string of the molecule is NC(=S)NN=C1C(=O)N(c2ccc(S(N)(=O)=O)cc2)C(=O)C1C(=O)Nc1ccc(S(N)(=O)=O)cc1. The lowest BCUT2D eigenvalue weighted by atomic mass is 10.0. The highest BCUT2D eigenvalue weighted by Crippen LogP contribution is 2.27. The molecule has 35 heavy (non-hydrogen) atoms. The van der Waals surface area contributed by atoms with Crippen molar-refractivity contribution in [1.29, 1.82) is 0 Å². The Morgan fingerprint density at radius 1 is 0.914 bits per heavy atom. The van der Waals surface area contributed by atoms with Crippen LogP contribution in [0.3, 0.4) is 0 Å². The number of sulfonamides is 2. The third-order valence-electron chi connectivity index (χ3n) is 4.59. The first-order valence-electron chi connectivity index (χ1n) is 9.28. The molecule has 1 aliphatic rings. The summed E-state index contributed by atoms with van der Waals surface area (Å²) in [4.78, 5) is 39.2. The molecule has 1 saturated heterocycles. The molecule has 14 nitrogen and oxygen atoms in total. The number of thiocarbonyl (C=S) groups is 1. The zero-order valence-corrected chi connectivity index (χ0v) is 19.9. The predicted molar refractivity (Wildman–Crippen MR) is 128 cm³/mol. The van der Waals surface area contributed by atoms with Crippen LogP contribution in [0, 0.1) is 5.92 Å². The Morgan fingerprint density at radius 3 is 1.86 bits per heavy atom. The number of nitrogens with zero attached hydrogens (tertiary/aromatic N) is 2. The molecule has 0 radical (unpaired) electrons. The molecule has 1 unspecified atom stereocenters. The maximum absolute atomic E-state index is 13.1. The number of hydrogen-bond donors (Lipinski definition) is 5. The third-order valence-corrected chi connectivity index (χ3v) is 6.54. The van der Waals surface area contributed by atoms with Crippen LogP contribution in [-0.4, -0.2) is 45.4 Å². The van der Waals surface area contributed by atoms with Gasteiger partial charge in [-0.1, -0.05) is 0 Å². The Hall–Kier alpha value is -3.77. The molecule has 1 aliphatic heterocycles. The van der Waals surface area contributed by atoms with Crippen molar-refractivity contribution in [2.24, 2.45) is 27.0 Å². The van der Waals surface area contributed by atoms with Crippen molar-refractivity contribution in [2.75, 3.05) is 10.2 Å². The molecule has 3 amide bonds. The van der Waals surface area contributed by atoms with Crippen LogP contribution in [0.4, 0.5) is 11.4 Å². The fourth-order valence-electron chi connectivity index (χ4n) is 3.02. The van der Waals surface area contributed by atoms with Gasteiger partial charge in [-0.3, -0.25) is 19.8 Å². The number of hydrogen-bond acceptors (Lipinski definition) is 9. The van der Waals surface area contributed by atoms with Crippen LogP contribution in [0.25, 0.3) is 0 Å². The molecule has 184 valence electrons. The number of primary sulfonamides is 2. The van der Waals surface area contributed by atoms with Gasteiger partial charge in [0.05, 0.1) is 15.5 Å². The quantitative estimate of drug-likeness (QED) is 0.121. The summed E-state index contributed by atoms with van der Waals surface area (Å²) < 4.78 is 45.7. The summed E-state index contributed by atoms with van der Waals surface area (Å²) >= 11 is 4.64. The number of rotatable bonds is 6. The number of nitrogens with two attached hydrogens (primary N) is 3. The first-order valence-corrected chi connectivity index (χ1v) is 12.8. The number of carbonyl (C=O) groups is 3. The monoisotopic (exact) mass is 539 g/mol. The molecule has 2 aromatic rings. The van der Waals surface area contributed by atoms with Crippen LogP contribution in [-0.2, 0) is 34.4 Å². The van der Waals surface area contributed by atoms with Crippen molar-refractivity contribution in [2.45, 2.75) is 9.79 Å². The van der Waals surface area contributed by atoms with Crippen LogP contribution in [0.2, 0.25) is 0 Å². The van der Waals surface area contributed by atoms with E-state index in [4.69, 9.17) is 16.0 Å². The van der Waals surface area contributed by atoms with Crippen molar-refractivity contribution >= 4 is 72.2 Å². The second-order valence-corrected chi connectivity index (χ2v) is 10.5. The van der Waals surface area contributed by atoms with Crippen LogP contribution < -0.4 is 31.7 Å². The first kappa shape index (κ1) is 25.8. The zero-order chi connectivity index (χ0) is 26.1. The molecule has 0 spiro atoms. The zero-order valence-electron chi connectivity index (χ0n) is 17.4. The highest BCUT2D eigenvalue weighted by Gasteiger charge is 2.50. The standard InChI is InChI=1S/C18H17N7O7S3/c19-18(33)24-23-14-13(15(26)22-9-1-5-11(6-2-9)34(20,29)30)16(27)25(17(14)28)10-3-7-12(8-4-10)35(21,31)32/h1-8,13H,(H,22,26)(H3,19,24,33)(H2,20,29,30)(H2,21,31,32). The number of amides is 3. The molecular formula is C18H17N7O7S3. The van der Waals surface area contributed by atoms with Crippen molar-refractivity contribution < 1.29 is 31.2 Å². The van der Waals surface area contributed by atoms with E-state index in [1.807, 2.05) is 0 Å². The summed E-state index contributed by atoms with van der Waals surface area (Å²) in [7, 11) is -8.00. The minimum atomic E-state index is -4.03. The van der Waals surface area contributed by atoms with Crippen molar-refractivity contribution in [3.63, 3.8) is 0 Å². The largest absolute Gasteiger partial charge is 0.375 e. The minimum absolute atomic E-state index is 0.0526. The van der Waals surface area contributed by atoms with Crippen molar-refractivity contribution in [1.82, 2.24) is 5.43 Å². The van der Waals surface area contributed by atoms with Gasteiger partial charge in [-0.15, -0.1) is 0 Å². The summed E-state index contributed by atoms with van der Waals surface area (Å²) in [5.74, 6) is -4.72. The lowest BCUT2D eigenvalue weighted by Gasteiger charge is -2.14. The average Bonchev–Trinajstić information content (AvgIpc) is 3.00. The summed E-state index contributed by atoms with van der Waals surface area (Å²) in [6.45, 7) is 0. The Kier molecular flexibility index (Phi) is 6.99. The normalized spacial score (nSPS) is 17.5. The number of benzene rings is 2. The lowest BCUT2D eigenvalue weighted by molar-refractivity contribution is -0.127. The van der Waals surface area contributed by atoms with Gasteiger partial charge in [0.15, 0.2) is 11.0 Å². The molecule has 1 heterocycles. The summed E-state index contributed by atoms with van der Waals surface area (Å²) in [6.07, 6.45) is 0. The molecule has 0 bridgehead atoms. The average molecular weight is 540 g/mol. The summed E-state index contributed by atoms with van der Waals surface area (Å²) in [5, 5.41) is 15.8. The number of hydrazone groups is 1. The second kappa shape index (κ2) is 9.47. The molecule has 3 rings (SSSR count). The maximum Gasteiger partial charge on any atom is 0.282 e. The van der Waals surface area contributed by atoms with Crippen molar-refractivity contribution in [3.8, 4) is 0 Å². The third kappa shape index (κ3) is 5.66. The fourth-order valence-corrected chi connectivity index (χ4v) is 4.10. The van der Waals surface area contributed by atoms with Crippen LogP contribution in [0.1, 0.15) is 0 Å². The predicted octanol–water partition coefficient (Wildman–Crippen LogP) is -1.70. The Balaban J connectivity index is 1.95. The fraction of sp³-hybridized carbons (Fsp3) is 0.0556. The van der Waals surface area contributed by atoms with Gasteiger partial charge in [0.1, 0.15) is 5.71 Å². The first-order chi connectivity index (χ1) is 16.2. The van der Waals surface area contributed by atoms with Gasteiger partial charge < -0.3 is 11.1 Å². The topological polar surface area (TPSA) is 237 Å². The maximum atomic E-state index is 13.1. The number of anilines is 2. The highest BCUT2D eigenvalue weighted by molar-refractivity contribution is 7.89. The number of carbonyl (C=O) groups excluding carboxylic acids is 3. The van der Waals surface area contributed by atoms with E-state index in [9.17, 15) is 31.2 Å². The molecule has 2 aromatic carbocycles. The second-order valence-electron chi connectivity index (χ2n) is 6.98. The molecule has 8 N–H and O–H groups in total. The van der Waals surface area contributed by atoms with Crippen molar-refractivity contribution in [3.05, 3.63) is 48.5 Å². The lowest BCUT2D eigenvalue weighted by Crippen LogP contribution is -2.35. The van der Waals surface area contributed by atoms with E-state index in [0.29, 0.717) is 4.90 Å². The van der Waals surface area contributed by atoms with Crippen LogP contribution >= 0.6 is 12.2 Å². The van der Waals surface area contributed by atoms with Crippen LogP contribution in [0.15, 0.2) is 63.4 Å². The van der Waals surface area contributed by atoms with Gasteiger partial charge in [-0.05, 0) is 60.7 Å². The van der Waals surface area contributed by atoms with Gasteiger partial charge in [-0.2, -0.15) is 5.10 Å². The minimum Gasteiger partial charge on any atom is -0.375 e. The number of imide groups is 1. The molecule has 1 fully saturated rings. The summed E-state index contributed by atoms with van der Waals surface area (Å²) in [6, 6.07) is 9.19. The molecule has 1 atom stereocenters. The molecule has 0 aliphatic carbocycles. The van der Waals surface area contributed by atoms with E-state index >= 15 is 0 Å². The van der Waals surface area contributed by atoms with Gasteiger partial charge in [0, 0.05) is 5.69 Å². The number of nitrogens with one attached hydrogen (secondary N) is 2. The van der Waals surface area contributed by atoms with E-state index in [2.05, 4.69) is 28.1 Å². The highest BCUT2D eigenvalue weighted by atomic mass is 32.2. The van der Waals surface area contributed by atoms with Crippen LogP contribution in [0.5, 0.6) is 0 Å². The molecular weight excluding hydrogens is 522 g/mol. The van der Waals surface area contributed by atoms with E-state index in [1.165, 1.54) is 12.1 Å². The van der Waals surface area contributed by atoms with Gasteiger partial charge in [0.25, 0.3) is 11.8 Å². The van der Waals surface area contributed by atoms with E-state index in [-0.39, 0.29) is 26.3 Å². The smallest absolute Gasteiger partial charge is 0.282 e. The van der Waals surface area contributed by atoms with Gasteiger partial charge in [0.2, 0.25) is 26.0 Å². The Labute approximate surface area is 204 Å². The molecule has 0 aromatic heterocycles. The molecule has 0 saturated carbocycles. The summed E-state index contributed by atoms with van der Waals surface area (Å²) in [5.41, 5.74) is 6.98. The van der Waals surface area contributed by atoms with Gasteiger partial charge >= 0.3 is 0 Å². The molecule has 17 heteroatoms. The van der Waals surface area contributed by atoms with E-state index in [0.717, 1.165) is 36.4 Å². The van der Waals surface area contributed by atoms with E-state index < -0.39 is 49.4 Å². The Morgan fingerprint density at radius 2 is 1.40 bits per heavy atom.